The summed E-state index contributed by atoms with van der Waals surface area (Å²) in [7, 11) is 1.49. The monoisotopic (exact) mass is 420 g/mol. The van der Waals surface area contributed by atoms with Crippen LogP contribution in [0.1, 0.15) is 29.5 Å². The van der Waals surface area contributed by atoms with Crippen molar-refractivity contribution in [2.75, 3.05) is 31.7 Å². The Hall–Kier alpha value is -2.38. The van der Waals surface area contributed by atoms with E-state index in [0.29, 0.717) is 25.9 Å². The highest BCUT2D eigenvalue weighted by atomic mass is 19.4. The number of hydrogen-bond acceptors (Lipinski definition) is 3. The molecule has 1 amide bonds. The molecule has 0 aromatic heterocycles. The minimum atomic E-state index is -4.36. The first kappa shape index (κ1) is 22.3. The van der Waals surface area contributed by atoms with E-state index in [-0.39, 0.29) is 30.7 Å². The summed E-state index contributed by atoms with van der Waals surface area (Å²) in [6, 6.07) is 13.5. The van der Waals surface area contributed by atoms with Crippen LogP contribution in [-0.4, -0.2) is 43.7 Å². The molecule has 0 spiro atoms. The van der Waals surface area contributed by atoms with Crippen molar-refractivity contribution in [3.05, 3.63) is 65.2 Å². The topological polar surface area (TPSA) is 32.8 Å². The number of anilines is 1. The van der Waals surface area contributed by atoms with E-state index in [0.717, 1.165) is 17.3 Å². The van der Waals surface area contributed by atoms with Gasteiger partial charge in [-0.3, -0.25) is 9.69 Å². The van der Waals surface area contributed by atoms with Gasteiger partial charge in [0.15, 0.2) is 0 Å². The van der Waals surface area contributed by atoms with Gasteiger partial charge in [0.05, 0.1) is 5.56 Å². The van der Waals surface area contributed by atoms with Gasteiger partial charge in [-0.25, -0.2) is 0 Å². The lowest BCUT2D eigenvalue weighted by atomic mass is 10.00. The number of ether oxygens (including phenoxy) is 1. The molecule has 1 saturated heterocycles. The third kappa shape index (κ3) is 5.40. The molecular formula is C23H27F3N2O2. The van der Waals surface area contributed by atoms with Gasteiger partial charge in [0.25, 0.3) is 5.91 Å². The largest absolute Gasteiger partial charge is 0.416 e. The minimum absolute atomic E-state index is 0.00690. The van der Waals surface area contributed by atoms with Gasteiger partial charge in [-0.1, -0.05) is 35.9 Å². The predicted molar refractivity (Wildman–Crippen MR) is 110 cm³/mol. The van der Waals surface area contributed by atoms with Crippen LogP contribution in [-0.2, 0) is 22.3 Å². The number of halogens is 3. The Kier molecular flexibility index (Phi) is 7.15. The molecule has 1 fully saturated rings. The van der Waals surface area contributed by atoms with E-state index in [1.807, 2.05) is 36.1 Å². The fraction of sp³-hybridized carbons (Fsp3) is 0.435. The molecule has 1 aliphatic heterocycles. The molecule has 1 aliphatic rings. The van der Waals surface area contributed by atoms with Gasteiger partial charge < -0.3 is 9.64 Å². The van der Waals surface area contributed by atoms with Crippen LogP contribution < -0.4 is 4.90 Å². The molecule has 7 heteroatoms. The average molecular weight is 420 g/mol. The Morgan fingerprint density at radius 2 is 1.73 bits per heavy atom. The molecule has 162 valence electrons. The van der Waals surface area contributed by atoms with Crippen molar-refractivity contribution in [1.82, 2.24) is 4.90 Å². The van der Waals surface area contributed by atoms with Crippen molar-refractivity contribution in [3.63, 3.8) is 0 Å². The fourth-order valence-electron chi connectivity index (χ4n) is 3.97. The van der Waals surface area contributed by atoms with Gasteiger partial charge in [-0.2, -0.15) is 13.2 Å². The Morgan fingerprint density at radius 3 is 2.33 bits per heavy atom. The Labute approximate surface area is 175 Å². The number of carbonyl (C=O) groups excluding carboxylic acids is 1. The number of alkyl halides is 3. The molecule has 0 atom stereocenters. The second-order valence-electron chi connectivity index (χ2n) is 7.69. The van der Waals surface area contributed by atoms with E-state index in [2.05, 4.69) is 0 Å². The van der Waals surface area contributed by atoms with Crippen molar-refractivity contribution < 1.29 is 22.7 Å². The summed E-state index contributed by atoms with van der Waals surface area (Å²) >= 11 is 0. The normalized spacial score (nSPS) is 15.9. The quantitative estimate of drug-likeness (QED) is 0.682. The van der Waals surface area contributed by atoms with Gasteiger partial charge in [0.1, 0.15) is 6.61 Å². The van der Waals surface area contributed by atoms with E-state index < -0.39 is 11.7 Å². The first-order chi connectivity index (χ1) is 14.3. The number of nitrogens with zero attached hydrogens (tertiary/aromatic N) is 2. The first-order valence-electron chi connectivity index (χ1n) is 10.0. The predicted octanol–water partition coefficient (Wildman–Crippen LogP) is 4.66. The minimum Gasteiger partial charge on any atom is -0.375 e. The molecule has 0 saturated carbocycles. The molecule has 2 aromatic rings. The number of benzene rings is 2. The highest BCUT2D eigenvalue weighted by Gasteiger charge is 2.34. The van der Waals surface area contributed by atoms with Crippen LogP contribution in [0.4, 0.5) is 18.9 Å². The molecule has 0 radical (unpaired) electrons. The molecule has 2 aromatic carbocycles. The number of amides is 1. The van der Waals surface area contributed by atoms with Gasteiger partial charge in [-0.05, 0) is 43.5 Å². The zero-order valence-electron chi connectivity index (χ0n) is 17.3. The standard InChI is InChI=1S/C23H27F3N2O2/c1-17-7-9-19(10-8-17)28(22(29)16-30-2)20-11-13-27(14-12-20)15-18-5-3-4-6-21(18)23(24,25)26/h3-10,20H,11-16H2,1-2H3. The maximum absolute atomic E-state index is 13.3. The number of aryl methyl sites for hydroxylation is 1. The van der Waals surface area contributed by atoms with Crippen molar-refractivity contribution in [2.24, 2.45) is 0 Å². The lowest BCUT2D eigenvalue weighted by molar-refractivity contribution is -0.138. The Balaban J connectivity index is 1.70. The summed E-state index contributed by atoms with van der Waals surface area (Å²) in [6.45, 7) is 3.48. The maximum atomic E-state index is 13.3. The number of methoxy groups -OCH3 is 1. The van der Waals surface area contributed by atoms with Crippen LogP contribution in [0, 0.1) is 6.92 Å². The van der Waals surface area contributed by atoms with Crippen LogP contribution in [0.5, 0.6) is 0 Å². The fourth-order valence-corrected chi connectivity index (χ4v) is 3.97. The van der Waals surface area contributed by atoms with Crippen molar-refractivity contribution in [1.29, 1.82) is 0 Å². The molecule has 0 N–H and O–H groups in total. The van der Waals surface area contributed by atoms with Crippen molar-refractivity contribution >= 4 is 11.6 Å². The average Bonchev–Trinajstić information content (AvgIpc) is 2.71. The Morgan fingerprint density at radius 1 is 1.10 bits per heavy atom. The zero-order valence-corrected chi connectivity index (χ0v) is 17.3. The van der Waals surface area contributed by atoms with E-state index in [1.54, 1.807) is 11.0 Å². The number of rotatable bonds is 6. The van der Waals surface area contributed by atoms with Gasteiger partial charge >= 0.3 is 6.18 Å². The van der Waals surface area contributed by atoms with Crippen molar-refractivity contribution in [2.45, 2.75) is 38.5 Å². The van der Waals surface area contributed by atoms with Crippen LogP contribution in [0.2, 0.25) is 0 Å². The lowest BCUT2D eigenvalue weighted by Crippen LogP contribution is -2.48. The molecule has 0 aliphatic carbocycles. The third-order valence-corrected chi connectivity index (χ3v) is 5.49. The molecule has 0 unspecified atom stereocenters. The first-order valence-corrected chi connectivity index (χ1v) is 10.0. The summed E-state index contributed by atoms with van der Waals surface area (Å²) in [5, 5.41) is 0. The molecular weight excluding hydrogens is 393 g/mol. The second-order valence-corrected chi connectivity index (χ2v) is 7.69. The number of likely N-dealkylation sites (tertiary alicyclic amines) is 1. The maximum Gasteiger partial charge on any atom is 0.416 e. The summed E-state index contributed by atoms with van der Waals surface area (Å²) < 4.78 is 44.9. The second kappa shape index (κ2) is 9.62. The number of hydrogen-bond donors (Lipinski definition) is 0. The lowest BCUT2D eigenvalue weighted by Gasteiger charge is -2.38. The van der Waals surface area contributed by atoms with Gasteiger partial charge in [0, 0.05) is 38.5 Å². The summed E-state index contributed by atoms with van der Waals surface area (Å²) in [5.74, 6) is -0.109. The highest BCUT2D eigenvalue weighted by molar-refractivity contribution is 5.94. The Bertz CT molecular complexity index is 844. The molecule has 0 bridgehead atoms. The van der Waals surface area contributed by atoms with Crippen LogP contribution >= 0.6 is 0 Å². The van der Waals surface area contributed by atoms with Gasteiger partial charge in [0.2, 0.25) is 0 Å². The SMILES string of the molecule is COCC(=O)N(c1ccc(C)cc1)C1CCN(Cc2ccccc2C(F)(F)F)CC1. The van der Waals surface area contributed by atoms with Crippen LogP contribution in [0.3, 0.4) is 0 Å². The third-order valence-electron chi connectivity index (χ3n) is 5.49. The van der Waals surface area contributed by atoms with Crippen LogP contribution in [0.25, 0.3) is 0 Å². The summed E-state index contributed by atoms with van der Waals surface area (Å²) in [5.41, 5.74) is 1.64. The molecule has 4 nitrogen and oxygen atoms in total. The van der Waals surface area contributed by atoms with E-state index in [4.69, 9.17) is 4.74 Å². The summed E-state index contributed by atoms with van der Waals surface area (Å²) in [4.78, 5) is 16.5. The number of carbonyl (C=O) groups is 1. The molecule has 1 heterocycles. The summed E-state index contributed by atoms with van der Waals surface area (Å²) in [6.07, 6.45) is -2.97. The molecule has 30 heavy (non-hydrogen) atoms. The smallest absolute Gasteiger partial charge is 0.375 e. The van der Waals surface area contributed by atoms with Gasteiger partial charge in [-0.15, -0.1) is 0 Å². The van der Waals surface area contributed by atoms with E-state index in [1.165, 1.54) is 19.2 Å². The van der Waals surface area contributed by atoms with E-state index >= 15 is 0 Å². The van der Waals surface area contributed by atoms with Crippen molar-refractivity contribution in [3.8, 4) is 0 Å². The zero-order chi connectivity index (χ0) is 21.7. The van der Waals surface area contributed by atoms with E-state index in [9.17, 15) is 18.0 Å². The molecule has 3 rings (SSSR count). The highest BCUT2D eigenvalue weighted by Crippen LogP contribution is 2.33. The number of piperidine rings is 1. The van der Waals surface area contributed by atoms with Crippen LogP contribution in [0.15, 0.2) is 48.5 Å².